The molecule has 0 bridgehead atoms. The van der Waals surface area contributed by atoms with Crippen molar-refractivity contribution in [2.24, 2.45) is 0 Å². The lowest BCUT2D eigenvalue weighted by Crippen LogP contribution is -2.03. The van der Waals surface area contributed by atoms with Crippen LogP contribution in [0.5, 0.6) is 0 Å². The number of halogens is 2. The third kappa shape index (κ3) is 2.85. The van der Waals surface area contributed by atoms with Crippen molar-refractivity contribution in [1.29, 1.82) is 0 Å². The number of hydrogen-bond donors (Lipinski definition) is 1. The maximum atomic E-state index is 13.0. The summed E-state index contributed by atoms with van der Waals surface area (Å²) in [7, 11) is 0. The predicted molar refractivity (Wildman–Crippen MR) is 59.3 cm³/mol. The number of aliphatic hydroxyl groups is 1. The first kappa shape index (κ1) is 11.7. The lowest BCUT2D eigenvalue weighted by molar-refractivity contribution is 0.178. The Morgan fingerprint density at radius 2 is 1.76 bits per heavy atom. The minimum absolute atomic E-state index is 0.341. The number of benzene rings is 1. The molecular weight excluding hydrogens is 224 g/mol. The molecule has 1 aromatic carbocycles. The van der Waals surface area contributed by atoms with Crippen molar-refractivity contribution in [1.82, 2.24) is 4.98 Å². The van der Waals surface area contributed by atoms with Gasteiger partial charge in [0, 0.05) is 18.8 Å². The van der Waals surface area contributed by atoms with E-state index in [9.17, 15) is 13.9 Å². The third-order valence-corrected chi connectivity index (χ3v) is 2.51. The monoisotopic (exact) mass is 235 g/mol. The van der Waals surface area contributed by atoms with Crippen LogP contribution in [0.25, 0.3) is 0 Å². The normalized spacial score (nSPS) is 12.4. The SMILES string of the molecule is OC(Cc1ccncc1)c1ccc(F)c(F)c1. The van der Waals surface area contributed by atoms with Gasteiger partial charge in [-0.3, -0.25) is 4.98 Å². The van der Waals surface area contributed by atoms with E-state index in [1.807, 2.05) is 0 Å². The Morgan fingerprint density at radius 3 is 2.41 bits per heavy atom. The molecule has 1 atom stereocenters. The Morgan fingerprint density at radius 1 is 1.06 bits per heavy atom. The third-order valence-electron chi connectivity index (χ3n) is 2.51. The fourth-order valence-corrected chi connectivity index (χ4v) is 1.58. The highest BCUT2D eigenvalue weighted by Gasteiger charge is 2.11. The van der Waals surface area contributed by atoms with E-state index in [-0.39, 0.29) is 0 Å². The second kappa shape index (κ2) is 5.01. The summed E-state index contributed by atoms with van der Waals surface area (Å²) in [5.74, 6) is -1.86. The number of nitrogens with zero attached hydrogens (tertiary/aromatic N) is 1. The van der Waals surface area contributed by atoms with E-state index in [0.29, 0.717) is 12.0 Å². The van der Waals surface area contributed by atoms with Gasteiger partial charge in [-0.15, -0.1) is 0 Å². The van der Waals surface area contributed by atoms with Crippen LogP contribution in [0.3, 0.4) is 0 Å². The van der Waals surface area contributed by atoms with E-state index in [4.69, 9.17) is 0 Å². The number of rotatable bonds is 3. The number of aliphatic hydroxyl groups excluding tert-OH is 1. The van der Waals surface area contributed by atoms with Gasteiger partial charge in [-0.25, -0.2) is 8.78 Å². The van der Waals surface area contributed by atoms with Crippen molar-refractivity contribution in [2.45, 2.75) is 12.5 Å². The smallest absolute Gasteiger partial charge is 0.159 e. The fraction of sp³-hybridized carbons (Fsp3) is 0.154. The van der Waals surface area contributed by atoms with Gasteiger partial charge in [0.05, 0.1) is 6.10 Å². The average molecular weight is 235 g/mol. The summed E-state index contributed by atoms with van der Waals surface area (Å²) in [6, 6.07) is 6.94. The first-order valence-corrected chi connectivity index (χ1v) is 5.19. The first-order chi connectivity index (χ1) is 8.16. The van der Waals surface area contributed by atoms with Gasteiger partial charge >= 0.3 is 0 Å². The molecule has 0 spiro atoms. The quantitative estimate of drug-likeness (QED) is 0.887. The molecule has 1 unspecified atom stereocenters. The molecule has 1 aromatic heterocycles. The maximum absolute atomic E-state index is 13.0. The van der Waals surface area contributed by atoms with Crippen molar-refractivity contribution in [3.8, 4) is 0 Å². The van der Waals surface area contributed by atoms with Gasteiger partial charge in [-0.2, -0.15) is 0 Å². The van der Waals surface area contributed by atoms with Crippen LogP contribution in [0.1, 0.15) is 17.2 Å². The molecule has 0 saturated heterocycles. The lowest BCUT2D eigenvalue weighted by Gasteiger charge is -2.11. The van der Waals surface area contributed by atoms with Crippen LogP contribution in [0.2, 0.25) is 0 Å². The molecule has 0 fully saturated rings. The van der Waals surface area contributed by atoms with Gasteiger partial charge < -0.3 is 5.11 Å². The lowest BCUT2D eigenvalue weighted by atomic mass is 10.0. The minimum atomic E-state index is -0.948. The zero-order chi connectivity index (χ0) is 12.3. The number of pyridine rings is 1. The Labute approximate surface area is 97.6 Å². The largest absolute Gasteiger partial charge is 0.388 e. The van der Waals surface area contributed by atoms with Crippen LogP contribution < -0.4 is 0 Å². The summed E-state index contributed by atoms with van der Waals surface area (Å²) in [5.41, 5.74) is 1.25. The zero-order valence-corrected chi connectivity index (χ0v) is 8.98. The summed E-state index contributed by atoms with van der Waals surface area (Å²) in [6.07, 6.45) is 2.72. The van der Waals surface area contributed by atoms with Crippen LogP contribution in [-0.2, 0) is 6.42 Å². The van der Waals surface area contributed by atoms with Crippen molar-refractivity contribution in [2.75, 3.05) is 0 Å². The zero-order valence-electron chi connectivity index (χ0n) is 8.98. The van der Waals surface area contributed by atoms with Crippen molar-refractivity contribution >= 4 is 0 Å². The first-order valence-electron chi connectivity index (χ1n) is 5.19. The topological polar surface area (TPSA) is 33.1 Å². The molecule has 0 aliphatic rings. The molecule has 0 amide bonds. The standard InChI is InChI=1S/C13H11F2NO/c14-11-2-1-10(8-12(11)15)13(17)7-9-3-5-16-6-4-9/h1-6,8,13,17H,7H2. The van der Waals surface area contributed by atoms with Crippen LogP contribution in [0, 0.1) is 11.6 Å². The average Bonchev–Trinajstić information content (AvgIpc) is 2.34. The van der Waals surface area contributed by atoms with Gasteiger partial charge in [0.15, 0.2) is 11.6 Å². The van der Waals surface area contributed by atoms with E-state index in [1.54, 1.807) is 24.5 Å². The number of hydrogen-bond acceptors (Lipinski definition) is 2. The highest BCUT2D eigenvalue weighted by atomic mass is 19.2. The predicted octanol–water partition coefficient (Wildman–Crippen LogP) is 2.64. The van der Waals surface area contributed by atoms with Gasteiger partial charge in [0.1, 0.15) is 0 Å². The van der Waals surface area contributed by atoms with Crippen LogP contribution in [-0.4, -0.2) is 10.1 Å². The Bertz CT molecular complexity index is 502. The van der Waals surface area contributed by atoms with Gasteiger partial charge in [0.25, 0.3) is 0 Å². The van der Waals surface area contributed by atoms with Crippen molar-refractivity contribution < 1.29 is 13.9 Å². The summed E-state index contributed by atoms with van der Waals surface area (Å²) >= 11 is 0. The minimum Gasteiger partial charge on any atom is -0.388 e. The summed E-state index contributed by atoms with van der Waals surface area (Å²) in [4.78, 5) is 3.86. The number of aromatic nitrogens is 1. The Balaban J connectivity index is 2.14. The molecule has 88 valence electrons. The molecule has 0 radical (unpaired) electrons. The van der Waals surface area contributed by atoms with E-state index < -0.39 is 17.7 Å². The summed E-state index contributed by atoms with van der Waals surface area (Å²) in [5, 5.41) is 9.88. The van der Waals surface area contributed by atoms with Crippen LogP contribution in [0.4, 0.5) is 8.78 Å². The molecule has 1 N–H and O–H groups in total. The molecule has 2 aromatic rings. The van der Waals surface area contributed by atoms with Gasteiger partial charge in [-0.05, 0) is 35.4 Å². The van der Waals surface area contributed by atoms with E-state index in [1.165, 1.54) is 6.07 Å². The fourth-order valence-electron chi connectivity index (χ4n) is 1.58. The second-order valence-corrected chi connectivity index (χ2v) is 3.75. The second-order valence-electron chi connectivity index (χ2n) is 3.75. The molecule has 2 rings (SSSR count). The van der Waals surface area contributed by atoms with Gasteiger partial charge in [-0.1, -0.05) is 6.07 Å². The molecule has 4 heteroatoms. The van der Waals surface area contributed by atoms with E-state index in [0.717, 1.165) is 17.7 Å². The maximum Gasteiger partial charge on any atom is 0.159 e. The Hall–Kier alpha value is -1.81. The summed E-state index contributed by atoms with van der Waals surface area (Å²) < 4.78 is 25.7. The molecule has 0 saturated carbocycles. The molecule has 0 aliphatic heterocycles. The Kier molecular flexibility index (Phi) is 3.44. The van der Waals surface area contributed by atoms with Crippen LogP contribution in [0.15, 0.2) is 42.7 Å². The van der Waals surface area contributed by atoms with E-state index >= 15 is 0 Å². The van der Waals surface area contributed by atoms with Crippen molar-refractivity contribution in [3.63, 3.8) is 0 Å². The van der Waals surface area contributed by atoms with E-state index in [2.05, 4.69) is 4.98 Å². The highest BCUT2D eigenvalue weighted by molar-refractivity contribution is 5.22. The molecular formula is C13H11F2NO. The molecule has 2 nitrogen and oxygen atoms in total. The van der Waals surface area contributed by atoms with Crippen molar-refractivity contribution in [3.05, 3.63) is 65.5 Å². The molecule has 1 heterocycles. The highest BCUT2D eigenvalue weighted by Crippen LogP contribution is 2.19. The molecule has 0 aliphatic carbocycles. The summed E-state index contributed by atoms with van der Waals surface area (Å²) in [6.45, 7) is 0. The van der Waals surface area contributed by atoms with Gasteiger partial charge in [0.2, 0.25) is 0 Å². The molecule has 17 heavy (non-hydrogen) atoms. The van der Waals surface area contributed by atoms with Crippen LogP contribution >= 0.6 is 0 Å².